The Bertz CT molecular complexity index is 2120. The SMILES string of the molecule is COc1ccc(CN(Cc2ccc(OC)cc2OC)S(=O)(=O)c2cccc(NC(=O)C3CC(OC)(C(F)(F)F)CN3c3ccc(F)c(F)c3OC)c2)c(OC)c1. The molecule has 0 aliphatic carbocycles. The van der Waals surface area contributed by atoms with Crippen LogP contribution in [0.4, 0.5) is 33.3 Å². The second kappa shape index (κ2) is 16.8. The first-order valence-electron chi connectivity index (χ1n) is 16.8. The first-order valence-corrected chi connectivity index (χ1v) is 18.2. The van der Waals surface area contributed by atoms with Crippen LogP contribution >= 0.6 is 0 Å². The Hall–Kier alpha value is -5.33. The van der Waals surface area contributed by atoms with Crippen molar-refractivity contribution >= 4 is 27.3 Å². The third kappa shape index (κ3) is 8.27. The summed E-state index contributed by atoms with van der Waals surface area (Å²) in [4.78, 5) is 14.6. The van der Waals surface area contributed by atoms with Gasteiger partial charge in [-0.05, 0) is 42.5 Å². The molecule has 2 atom stereocenters. The monoisotopic (exact) mass is 809 g/mol. The molecule has 18 heteroatoms. The van der Waals surface area contributed by atoms with E-state index < -0.39 is 64.1 Å². The van der Waals surface area contributed by atoms with Crippen molar-refractivity contribution in [3.63, 3.8) is 0 Å². The zero-order valence-electron chi connectivity index (χ0n) is 31.2. The van der Waals surface area contributed by atoms with E-state index in [1.807, 2.05) is 0 Å². The Kier molecular flexibility index (Phi) is 12.6. The summed E-state index contributed by atoms with van der Waals surface area (Å²) in [5.74, 6) is -2.88. The van der Waals surface area contributed by atoms with E-state index in [2.05, 4.69) is 5.32 Å². The van der Waals surface area contributed by atoms with Gasteiger partial charge < -0.3 is 38.6 Å². The predicted molar refractivity (Wildman–Crippen MR) is 195 cm³/mol. The van der Waals surface area contributed by atoms with Crippen molar-refractivity contribution in [2.75, 3.05) is 59.4 Å². The molecular formula is C38H40F5N3O9S. The molecule has 12 nitrogen and oxygen atoms in total. The van der Waals surface area contributed by atoms with E-state index in [4.69, 9.17) is 28.4 Å². The predicted octanol–water partition coefficient (Wildman–Crippen LogP) is 6.56. The molecule has 5 rings (SSSR count). The summed E-state index contributed by atoms with van der Waals surface area (Å²) < 4.78 is 134. The lowest BCUT2D eigenvalue weighted by atomic mass is 9.99. The Morgan fingerprint density at radius 2 is 1.41 bits per heavy atom. The van der Waals surface area contributed by atoms with E-state index >= 15 is 0 Å². The van der Waals surface area contributed by atoms with Crippen LogP contribution in [0.1, 0.15) is 17.5 Å². The van der Waals surface area contributed by atoms with Crippen LogP contribution in [0.25, 0.3) is 0 Å². The fourth-order valence-electron chi connectivity index (χ4n) is 6.45. The number of hydrogen-bond acceptors (Lipinski definition) is 10. The molecule has 0 radical (unpaired) electrons. The zero-order valence-corrected chi connectivity index (χ0v) is 32.0. The van der Waals surface area contributed by atoms with Crippen LogP contribution in [0.15, 0.2) is 77.7 Å². The molecule has 4 aromatic rings. The second-order valence-electron chi connectivity index (χ2n) is 12.6. The molecule has 1 N–H and O–H groups in total. The maximum Gasteiger partial charge on any atom is 0.419 e. The number of benzene rings is 4. The van der Waals surface area contributed by atoms with Crippen LogP contribution in [0, 0.1) is 11.6 Å². The summed E-state index contributed by atoms with van der Waals surface area (Å²) >= 11 is 0. The summed E-state index contributed by atoms with van der Waals surface area (Å²) in [5, 5.41) is 2.51. The number of carbonyl (C=O) groups excluding carboxylic acids is 1. The first kappa shape index (κ1) is 41.8. The van der Waals surface area contributed by atoms with E-state index in [9.17, 15) is 35.2 Å². The fourth-order valence-corrected chi connectivity index (χ4v) is 7.89. The van der Waals surface area contributed by atoms with Crippen LogP contribution in [0.2, 0.25) is 0 Å². The summed E-state index contributed by atoms with van der Waals surface area (Å²) in [6, 6.07) is 15.0. The number of sulfonamides is 1. The van der Waals surface area contributed by atoms with Crippen molar-refractivity contribution in [1.82, 2.24) is 4.31 Å². The number of hydrogen-bond donors (Lipinski definition) is 1. The average Bonchev–Trinajstić information content (AvgIpc) is 3.61. The third-order valence-corrected chi connectivity index (χ3v) is 11.3. The maximum atomic E-state index is 14.8. The van der Waals surface area contributed by atoms with Gasteiger partial charge in [-0.15, -0.1) is 0 Å². The van der Waals surface area contributed by atoms with E-state index in [1.165, 1.54) is 46.6 Å². The minimum Gasteiger partial charge on any atom is -0.497 e. The molecule has 1 aliphatic heterocycles. The van der Waals surface area contributed by atoms with Crippen molar-refractivity contribution < 1.29 is 63.6 Å². The highest BCUT2D eigenvalue weighted by Crippen LogP contribution is 2.47. The summed E-state index contributed by atoms with van der Waals surface area (Å²) in [7, 11) is 3.20. The number of nitrogens with one attached hydrogen (secondary N) is 1. The van der Waals surface area contributed by atoms with Gasteiger partial charge in [0.25, 0.3) is 0 Å². The lowest BCUT2D eigenvalue weighted by Crippen LogP contribution is -2.49. The van der Waals surface area contributed by atoms with E-state index in [0.717, 1.165) is 35.6 Å². The molecule has 0 bridgehead atoms. The lowest BCUT2D eigenvalue weighted by molar-refractivity contribution is -0.261. The van der Waals surface area contributed by atoms with Crippen molar-refractivity contribution in [1.29, 1.82) is 0 Å². The lowest BCUT2D eigenvalue weighted by Gasteiger charge is -2.31. The summed E-state index contributed by atoms with van der Waals surface area (Å²) in [5.41, 5.74) is -2.34. The number of nitrogens with zero attached hydrogens (tertiary/aromatic N) is 2. The van der Waals surface area contributed by atoms with Crippen molar-refractivity contribution in [3.05, 3.63) is 95.6 Å². The van der Waals surface area contributed by atoms with Crippen LogP contribution < -0.4 is 33.9 Å². The number of rotatable bonds is 15. The molecule has 1 heterocycles. The highest BCUT2D eigenvalue weighted by molar-refractivity contribution is 7.89. The van der Waals surface area contributed by atoms with Gasteiger partial charge in [0, 0.05) is 55.6 Å². The fraction of sp³-hybridized carbons (Fsp3) is 0.342. The minimum atomic E-state index is -4.99. The molecule has 0 aromatic heterocycles. The van der Waals surface area contributed by atoms with Crippen LogP contribution in [-0.4, -0.2) is 85.7 Å². The maximum absolute atomic E-state index is 14.8. The highest BCUT2D eigenvalue weighted by atomic mass is 32.2. The zero-order chi connectivity index (χ0) is 41.0. The van der Waals surface area contributed by atoms with Crippen molar-refractivity contribution in [2.24, 2.45) is 0 Å². The molecule has 1 saturated heterocycles. The number of anilines is 2. The van der Waals surface area contributed by atoms with Crippen LogP contribution in [0.3, 0.4) is 0 Å². The Labute approximate surface area is 320 Å². The third-order valence-electron chi connectivity index (χ3n) is 9.50. The van der Waals surface area contributed by atoms with Crippen LogP contribution in [-0.2, 0) is 32.6 Å². The smallest absolute Gasteiger partial charge is 0.419 e. The number of alkyl halides is 3. The minimum absolute atomic E-state index is 0.0841. The van der Waals surface area contributed by atoms with E-state index in [-0.39, 0.29) is 29.4 Å². The Morgan fingerprint density at radius 3 is 1.91 bits per heavy atom. The number of halogens is 5. The Balaban J connectivity index is 1.52. The highest BCUT2D eigenvalue weighted by Gasteiger charge is 2.63. The number of carbonyl (C=O) groups is 1. The average molecular weight is 810 g/mol. The molecule has 1 aliphatic rings. The van der Waals surface area contributed by atoms with Crippen molar-refractivity contribution in [2.45, 2.75) is 42.2 Å². The standard InChI is InChI=1S/C38H40F5N3O9S/c1-50-26-12-10-23(32(17-26)52-3)20-45(21-24-11-13-27(51-2)18-33(24)53-4)56(48,49)28-9-7-8-25(16-28)44-36(47)31-19-37(55-6,38(41,42)43)22-46(31)30-15-14-29(39)34(40)35(30)54-5/h7-18,31H,19-22H2,1-6H3,(H,44,47). The van der Waals surface area contributed by atoms with E-state index in [1.54, 1.807) is 36.4 Å². The number of amides is 1. The molecule has 56 heavy (non-hydrogen) atoms. The van der Waals surface area contributed by atoms with Gasteiger partial charge in [0.15, 0.2) is 17.2 Å². The van der Waals surface area contributed by atoms with Gasteiger partial charge >= 0.3 is 6.18 Å². The second-order valence-corrected chi connectivity index (χ2v) is 14.5. The number of ether oxygens (including phenoxy) is 6. The van der Waals surface area contributed by atoms with Gasteiger partial charge in [0.2, 0.25) is 21.7 Å². The van der Waals surface area contributed by atoms with Crippen molar-refractivity contribution in [3.8, 4) is 28.7 Å². The van der Waals surface area contributed by atoms with Gasteiger partial charge in [-0.25, -0.2) is 12.8 Å². The van der Waals surface area contributed by atoms with Gasteiger partial charge in [-0.3, -0.25) is 4.79 Å². The van der Waals surface area contributed by atoms with Crippen LogP contribution in [0.5, 0.6) is 28.7 Å². The molecule has 0 saturated carbocycles. The molecule has 2 unspecified atom stereocenters. The molecule has 1 amide bonds. The summed E-state index contributed by atoms with van der Waals surface area (Å²) in [6.45, 7) is -1.38. The number of methoxy groups -OCH3 is 6. The molecule has 1 fully saturated rings. The molecule has 302 valence electrons. The van der Waals surface area contributed by atoms with Gasteiger partial charge in [0.05, 0.1) is 52.7 Å². The molecule has 0 spiro atoms. The first-order chi connectivity index (χ1) is 26.6. The quantitative estimate of drug-likeness (QED) is 0.132. The van der Waals surface area contributed by atoms with Gasteiger partial charge in [-0.2, -0.15) is 21.9 Å². The normalized spacial score (nSPS) is 17.1. The molecule has 4 aromatic carbocycles. The molecular weight excluding hydrogens is 769 g/mol. The Morgan fingerprint density at radius 1 is 0.821 bits per heavy atom. The summed E-state index contributed by atoms with van der Waals surface area (Å²) in [6.07, 6.45) is -5.93. The largest absolute Gasteiger partial charge is 0.497 e. The van der Waals surface area contributed by atoms with E-state index in [0.29, 0.717) is 40.2 Å². The van der Waals surface area contributed by atoms with Gasteiger partial charge in [0.1, 0.15) is 29.0 Å². The topological polar surface area (TPSA) is 125 Å². The van der Waals surface area contributed by atoms with Gasteiger partial charge in [-0.1, -0.05) is 18.2 Å².